The van der Waals surface area contributed by atoms with E-state index in [4.69, 9.17) is 4.74 Å². The van der Waals surface area contributed by atoms with E-state index in [0.29, 0.717) is 46.4 Å². The number of hydrogen-bond donors (Lipinski definition) is 2. The number of amides is 1. The van der Waals surface area contributed by atoms with E-state index in [-0.39, 0.29) is 36.0 Å². The lowest BCUT2D eigenvalue weighted by atomic mass is 9.82. The molecule has 2 N–H and O–H groups in total. The molecule has 4 rings (SSSR count). The fourth-order valence-corrected chi connectivity index (χ4v) is 5.68. The van der Waals surface area contributed by atoms with Crippen LogP contribution in [0, 0.1) is 18.8 Å². The molecule has 1 amide bonds. The number of aliphatic hydroxyl groups excluding tert-OH is 1. The van der Waals surface area contributed by atoms with E-state index in [1.54, 1.807) is 31.2 Å². The number of aromatic nitrogens is 2. The highest BCUT2D eigenvalue weighted by molar-refractivity contribution is 7.91. The molecular weight excluding hydrogens is 547 g/mol. The predicted molar refractivity (Wildman–Crippen MR) is 143 cm³/mol. The zero-order valence-corrected chi connectivity index (χ0v) is 23.1. The van der Waals surface area contributed by atoms with Gasteiger partial charge in [-0.3, -0.25) is 9.78 Å². The average Bonchev–Trinajstić information content (AvgIpc) is 2.93. The number of ether oxygens (including phenoxy) is 1. The number of benzene rings is 1. The summed E-state index contributed by atoms with van der Waals surface area (Å²) >= 11 is 0. The SMILES string of the molecule is CCS(=O)(=O)c1ccc([C@H](CO)NC(=O)c2ccc3c(OCC4CCC(C(F)(F)F)CC4)nc(C)cc3c2)nc1. The van der Waals surface area contributed by atoms with Gasteiger partial charge in [0.2, 0.25) is 5.88 Å². The largest absolute Gasteiger partial charge is 0.477 e. The van der Waals surface area contributed by atoms with Crippen molar-refractivity contribution in [2.45, 2.75) is 56.6 Å². The van der Waals surface area contributed by atoms with E-state index < -0.39 is 40.5 Å². The highest BCUT2D eigenvalue weighted by atomic mass is 32.2. The molecule has 3 aromatic rings. The molecule has 1 saturated carbocycles. The van der Waals surface area contributed by atoms with E-state index in [9.17, 15) is 31.5 Å². The van der Waals surface area contributed by atoms with Crippen molar-refractivity contribution in [3.63, 3.8) is 0 Å². The quantitative estimate of drug-likeness (QED) is 0.369. The summed E-state index contributed by atoms with van der Waals surface area (Å²) in [5.74, 6) is -1.41. The van der Waals surface area contributed by atoms with Crippen molar-refractivity contribution < 1.29 is 36.2 Å². The third-order valence-corrected chi connectivity index (χ3v) is 9.01. The molecule has 0 spiro atoms. The first kappa shape index (κ1) is 29.7. The molecule has 12 heteroatoms. The molecule has 1 fully saturated rings. The molecule has 0 radical (unpaired) electrons. The fourth-order valence-electron chi connectivity index (χ4n) is 4.86. The third kappa shape index (κ3) is 6.90. The van der Waals surface area contributed by atoms with Crippen LogP contribution in [-0.2, 0) is 9.84 Å². The van der Waals surface area contributed by atoms with Crippen molar-refractivity contribution in [2.75, 3.05) is 19.0 Å². The molecule has 8 nitrogen and oxygen atoms in total. The number of sulfone groups is 1. The number of halogens is 3. The number of nitrogens with one attached hydrogen (secondary N) is 1. The number of hydrogen-bond acceptors (Lipinski definition) is 7. The molecular formula is C28H32F3N3O5S. The number of pyridine rings is 2. The number of alkyl halides is 3. The Kier molecular flexibility index (Phi) is 8.99. The lowest BCUT2D eigenvalue weighted by molar-refractivity contribution is -0.184. The lowest BCUT2D eigenvalue weighted by Crippen LogP contribution is -2.31. The molecule has 216 valence electrons. The smallest absolute Gasteiger partial charge is 0.391 e. The Morgan fingerprint density at radius 2 is 1.88 bits per heavy atom. The van der Waals surface area contributed by atoms with Crippen molar-refractivity contribution in [1.29, 1.82) is 0 Å². The van der Waals surface area contributed by atoms with Gasteiger partial charge in [-0.2, -0.15) is 13.2 Å². The first-order chi connectivity index (χ1) is 18.9. The van der Waals surface area contributed by atoms with Gasteiger partial charge in [-0.15, -0.1) is 0 Å². The number of aliphatic hydroxyl groups is 1. The van der Waals surface area contributed by atoms with Gasteiger partial charge in [0.05, 0.1) is 41.5 Å². The van der Waals surface area contributed by atoms with Gasteiger partial charge in [0.25, 0.3) is 5.91 Å². The molecule has 1 aliphatic rings. The zero-order chi connectivity index (χ0) is 29.1. The highest BCUT2D eigenvalue weighted by Crippen LogP contribution is 2.39. The average molecular weight is 580 g/mol. The van der Waals surface area contributed by atoms with E-state index in [0.717, 1.165) is 0 Å². The molecule has 0 saturated heterocycles. The van der Waals surface area contributed by atoms with E-state index in [1.165, 1.54) is 25.3 Å². The number of nitrogens with zero attached hydrogens (tertiary/aromatic N) is 2. The van der Waals surface area contributed by atoms with Gasteiger partial charge in [0.1, 0.15) is 0 Å². The second kappa shape index (κ2) is 12.1. The lowest BCUT2D eigenvalue weighted by Gasteiger charge is -2.29. The Morgan fingerprint density at radius 3 is 2.48 bits per heavy atom. The first-order valence-corrected chi connectivity index (χ1v) is 14.8. The van der Waals surface area contributed by atoms with Crippen LogP contribution < -0.4 is 10.1 Å². The Bertz CT molecular complexity index is 1450. The number of fused-ring (bicyclic) bond motifs is 1. The van der Waals surface area contributed by atoms with Gasteiger partial charge >= 0.3 is 6.18 Å². The predicted octanol–water partition coefficient (Wildman–Crippen LogP) is 4.94. The van der Waals surface area contributed by atoms with Crippen molar-refractivity contribution in [3.8, 4) is 5.88 Å². The molecule has 0 aliphatic heterocycles. The molecule has 1 aliphatic carbocycles. The van der Waals surface area contributed by atoms with E-state index in [1.807, 2.05) is 0 Å². The first-order valence-electron chi connectivity index (χ1n) is 13.1. The summed E-state index contributed by atoms with van der Waals surface area (Å²) in [5, 5.41) is 13.9. The molecule has 0 bridgehead atoms. The maximum atomic E-state index is 13.0. The molecule has 2 heterocycles. The van der Waals surface area contributed by atoms with Crippen LogP contribution in [-0.4, -0.2) is 54.5 Å². The Labute approximate surface area is 230 Å². The number of carbonyl (C=O) groups excluding carboxylic acids is 1. The summed E-state index contributed by atoms with van der Waals surface area (Å²) in [6, 6.07) is 8.75. The minimum atomic E-state index is -4.15. The Balaban J connectivity index is 1.45. The second-order valence-corrected chi connectivity index (χ2v) is 12.4. The van der Waals surface area contributed by atoms with Crippen molar-refractivity contribution >= 4 is 26.5 Å². The molecule has 1 aromatic carbocycles. The van der Waals surface area contributed by atoms with E-state index in [2.05, 4.69) is 15.3 Å². The van der Waals surface area contributed by atoms with Gasteiger partial charge in [-0.05, 0) is 80.3 Å². The third-order valence-electron chi connectivity index (χ3n) is 7.30. The summed E-state index contributed by atoms with van der Waals surface area (Å²) in [4.78, 5) is 21.7. The maximum absolute atomic E-state index is 13.0. The zero-order valence-electron chi connectivity index (χ0n) is 22.2. The van der Waals surface area contributed by atoms with Gasteiger partial charge in [-0.1, -0.05) is 6.92 Å². The normalized spacial score (nSPS) is 18.9. The van der Waals surface area contributed by atoms with Gasteiger partial charge in [0.15, 0.2) is 9.84 Å². The van der Waals surface area contributed by atoms with Crippen LogP contribution in [0.25, 0.3) is 10.8 Å². The van der Waals surface area contributed by atoms with E-state index >= 15 is 0 Å². The Hall–Kier alpha value is -3.25. The Morgan fingerprint density at radius 1 is 1.15 bits per heavy atom. The summed E-state index contributed by atoms with van der Waals surface area (Å²) in [6.07, 6.45) is -1.86. The summed E-state index contributed by atoms with van der Waals surface area (Å²) in [6.45, 7) is 3.13. The summed E-state index contributed by atoms with van der Waals surface area (Å²) in [5.41, 5.74) is 1.28. The van der Waals surface area contributed by atoms with Gasteiger partial charge in [-0.25, -0.2) is 13.4 Å². The van der Waals surface area contributed by atoms with Crippen molar-refractivity contribution in [2.24, 2.45) is 11.8 Å². The van der Waals surface area contributed by atoms with Crippen LogP contribution in [0.2, 0.25) is 0 Å². The summed E-state index contributed by atoms with van der Waals surface area (Å²) in [7, 11) is -3.43. The maximum Gasteiger partial charge on any atom is 0.391 e. The number of rotatable bonds is 9. The van der Waals surface area contributed by atoms with Crippen molar-refractivity contribution in [3.05, 3.63) is 59.5 Å². The molecule has 1 atom stereocenters. The highest BCUT2D eigenvalue weighted by Gasteiger charge is 2.41. The van der Waals surface area contributed by atoms with Gasteiger partial charge < -0.3 is 15.2 Å². The summed E-state index contributed by atoms with van der Waals surface area (Å²) < 4.78 is 68.9. The van der Waals surface area contributed by atoms with Crippen LogP contribution in [0.4, 0.5) is 13.2 Å². The fraction of sp³-hybridized carbons (Fsp3) is 0.464. The minimum absolute atomic E-state index is 0.0150. The van der Waals surface area contributed by atoms with Crippen LogP contribution in [0.3, 0.4) is 0 Å². The molecule has 2 aromatic heterocycles. The molecule has 0 unspecified atom stereocenters. The molecule has 40 heavy (non-hydrogen) atoms. The monoisotopic (exact) mass is 579 g/mol. The minimum Gasteiger partial charge on any atom is -0.477 e. The van der Waals surface area contributed by atoms with Crippen LogP contribution in [0.1, 0.15) is 60.4 Å². The number of carbonyl (C=O) groups is 1. The van der Waals surface area contributed by atoms with Crippen molar-refractivity contribution in [1.82, 2.24) is 15.3 Å². The van der Waals surface area contributed by atoms with Crippen LogP contribution in [0.15, 0.2) is 47.5 Å². The topological polar surface area (TPSA) is 118 Å². The van der Waals surface area contributed by atoms with Crippen LogP contribution >= 0.6 is 0 Å². The second-order valence-electron chi connectivity index (χ2n) is 10.1. The standard InChI is InChI=1S/C28H32F3N3O5S/c1-3-40(37,38)22-9-11-24(32-14-22)25(15-35)34-26(36)19-6-10-23-20(13-19)12-17(2)33-27(23)39-16-18-4-7-21(8-5-18)28(29,30)31/h6,9-14,18,21,25,35H,3-5,7-8,15-16H2,1-2H3,(H,34,36)/t18?,21?,25-/m0/s1. The van der Waals surface area contributed by atoms with Gasteiger partial charge in [0, 0.05) is 22.8 Å². The number of aryl methyl sites for hydroxylation is 1. The van der Waals surface area contributed by atoms with Crippen LogP contribution in [0.5, 0.6) is 5.88 Å².